The van der Waals surface area contributed by atoms with Gasteiger partial charge in [0, 0.05) is 0 Å². The van der Waals surface area contributed by atoms with Gasteiger partial charge in [0.25, 0.3) is 5.56 Å². The van der Waals surface area contributed by atoms with Crippen LogP contribution < -0.4 is 5.56 Å². The van der Waals surface area contributed by atoms with Crippen LogP contribution in [0.1, 0.15) is 12.5 Å². The molecule has 110 valence electrons. The number of aromatic nitrogens is 4. The predicted molar refractivity (Wildman–Crippen MR) is 83.7 cm³/mol. The summed E-state index contributed by atoms with van der Waals surface area (Å²) in [4.78, 5) is 28.7. The third-order valence-corrected chi connectivity index (χ3v) is 3.09. The summed E-state index contributed by atoms with van der Waals surface area (Å²) in [5.74, 6) is 0.316. The molecule has 22 heavy (non-hydrogen) atoms. The number of aliphatic imine (C=N–C) groups is 1. The molecule has 8 heteroatoms. The summed E-state index contributed by atoms with van der Waals surface area (Å²) in [6.07, 6.45) is 0.967. The zero-order valence-electron chi connectivity index (χ0n) is 11.9. The van der Waals surface area contributed by atoms with Gasteiger partial charge in [-0.1, -0.05) is 19.1 Å². The van der Waals surface area contributed by atoms with Gasteiger partial charge in [0.15, 0.2) is 11.2 Å². The van der Waals surface area contributed by atoms with Gasteiger partial charge in [0.1, 0.15) is 0 Å². The molecule has 2 N–H and O–H groups in total. The molecule has 3 rings (SSSR count). The summed E-state index contributed by atoms with van der Waals surface area (Å²) >= 11 is 0. The Morgan fingerprint density at radius 2 is 1.82 bits per heavy atom. The number of nitrogens with zero attached hydrogens (tertiary/aromatic N) is 5. The maximum atomic E-state index is 11.8. The van der Waals surface area contributed by atoms with Gasteiger partial charge in [0.05, 0.1) is 5.69 Å². The quantitative estimate of drug-likeness (QED) is 0.570. The number of aromatic amines is 2. The van der Waals surface area contributed by atoms with Gasteiger partial charge in [-0.05, 0) is 30.8 Å². The number of hydrogen-bond donors (Lipinski definition) is 2. The van der Waals surface area contributed by atoms with Crippen LogP contribution in [0.15, 0.2) is 44.3 Å². The van der Waals surface area contributed by atoms with Crippen LogP contribution in [0.2, 0.25) is 0 Å². The fourth-order valence-corrected chi connectivity index (χ4v) is 1.91. The Morgan fingerprint density at radius 1 is 1.09 bits per heavy atom. The maximum Gasteiger partial charge on any atom is 0.278 e. The van der Waals surface area contributed by atoms with Crippen molar-refractivity contribution in [1.82, 2.24) is 19.9 Å². The maximum absolute atomic E-state index is 11.8. The molecule has 0 spiro atoms. The van der Waals surface area contributed by atoms with Crippen molar-refractivity contribution in [3.63, 3.8) is 0 Å². The van der Waals surface area contributed by atoms with E-state index in [1.54, 1.807) is 0 Å². The molecule has 2 aromatic heterocycles. The molecule has 0 bridgehead atoms. The first-order chi connectivity index (χ1) is 10.7. The molecule has 3 aromatic rings. The number of aryl methyl sites for hydroxylation is 1. The van der Waals surface area contributed by atoms with E-state index in [0.29, 0.717) is 5.69 Å². The third-order valence-electron chi connectivity index (χ3n) is 3.09. The van der Waals surface area contributed by atoms with E-state index < -0.39 is 0 Å². The van der Waals surface area contributed by atoms with Crippen LogP contribution >= 0.6 is 0 Å². The van der Waals surface area contributed by atoms with E-state index in [1.807, 2.05) is 24.3 Å². The van der Waals surface area contributed by atoms with Gasteiger partial charge in [-0.3, -0.25) is 9.78 Å². The van der Waals surface area contributed by atoms with E-state index in [2.05, 4.69) is 48.8 Å². The second kappa shape index (κ2) is 5.68. The molecule has 0 aliphatic heterocycles. The van der Waals surface area contributed by atoms with Gasteiger partial charge in [-0.2, -0.15) is 9.97 Å². The minimum Gasteiger partial charge on any atom is -0.315 e. The van der Waals surface area contributed by atoms with E-state index in [4.69, 9.17) is 0 Å². The lowest BCUT2D eigenvalue weighted by Gasteiger charge is -1.95. The number of H-pyrrole nitrogens is 2. The summed E-state index contributed by atoms with van der Waals surface area (Å²) in [7, 11) is 0. The highest BCUT2D eigenvalue weighted by Gasteiger charge is 2.08. The molecule has 1 aromatic carbocycles. The Labute approximate surface area is 125 Å². The number of benzene rings is 1. The molecule has 0 saturated heterocycles. The number of azo groups is 1. The first kappa shape index (κ1) is 13.8. The van der Waals surface area contributed by atoms with E-state index in [0.717, 1.165) is 6.42 Å². The Bertz CT molecular complexity index is 905. The highest BCUT2D eigenvalue weighted by atomic mass is 16.1. The topological polar surface area (TPSA) is 112 Å². The fourth-order valence-electron chi connectivity index (χ4n) is 1.91. The Balaban J connectivity index is 1.93. The number of nitrogens with one attached hydrogen (secondary N) is 2. The van der Waals surface area contributed by atoms with Crippen LogP contribution in [-0.2, 0) is 6.42 Å². The van der Waals surface area contributed by atoms with Gasteiger partial charge in [-0.25, -0.2) is 4.99 Å². The molecule has 2 heterocycles. The SMILES string of the molecule is C=Nc1nc2nc(N=Nc3ccc(CC)cc3)[nH]c2c(=O)[nH]1. The number of fused-ring (bicyclic) bond motifs is 1. The number of hydrogen-bond acceptors (Lipinski definition) is 6. The van der Waals surface area contributed by atoms with Crippen LogP contribution in [-0.4, -0.2) is 26.7 Å². The van der Waals surface area contributed by atoms with Crippen molar-refractivity contribution >= 4 is 35.5 Å². The molecule has 0 saturated carbocycles. The van der Waals surface area contributed by atoms with E-state index in [1.165, 1.54) is 5.56 Å². The third kappa shape index (κ3) is 2.66. The van der Waals surface area contributed by atoms with Gasteiger partial charge < -0.3 is 4.98 Å². The van der Waals surface area contributed by atoms with E-state index in [9.17, 15) is 4.79 Å². The Kier molecular flexibility index (Phi) is 3.57. The van der Waals surface area contributed by atoms with Crippen LogP contribution in [0.25, 0.3) is 11.2 Å². The number of imidazole rings is 1. The summed E-state index contributed by atoms with van der Waals surface area (Å²) in [5.41, 5.74) is 1.99. The van der Waals surface area contributed by atoms with Crippen molar-refractivity contribution in [2.45, 2.75) is 13.3 Å². The average molecular weight is 295 g/mol. The summed E-state index contributed by atoms with van der Waals surface area (Å²) in [6, 6.07) is 7.72. The standard InChI is InChI=1S/C14H13N7O/c1-3-8-4-6-9(7-5-8)20-21-14-16-10-11(18-14)17-13(15-2)19-12(10)22/h4-7H,2-3H2,1H3,(H2,16,17,18,19,22). The largest absolute Gasteiger partial charge is 0.315 e. The molecule has 0 atom stereocenters. The van der Waals surface area contributed by atoms with Crippen LogP contribution in [0.4, 0.5) is 17.6 Å². The highest BCUT2D eigenvalue weighted by molar-refractivity contribution is 5.72. The fraction of sp³-hybridized carbons (Fsp3) is 0.143. The first-order valence-electron chi connectivity index (χ1n) is 6.67. The summed E-state index contributed by atoms with van der Waals surface area (Å²) in [5, 5.41) is 8.06. The van der Waals surface area contributed by atoms with Crippen molar-refractivity contribution in [3.8, 4) is 0 Å². The molecule has 0 radical (unpaired) electrons. The van der Waals surface area contributed by atoms with Crippen molar-refractivity contribution in [2.75, 3.05) is 0 Å². The molecule has 0 aliphatic rings. The summed E-state index contributed by atoms with van der Waals surface area (Å²) < 4.78 is 0. The van der Waals surface area contributed by atoms with E-state index in [-0.39, 0.29) is 28.6 Å². The summed E-state index contributed by atoms with van der Waals surface area (Å²) in [6.45, 7) is 5.40. The van der Waals surface area contributed by atoms with Crippen molar-refractivity contribution in [3.05, 3.63) is 40.2 Å². The minimum absolute atomic E-state index is 0.114. The molecule has 0 fully saturated rings. The normalized spacial score (nSPS) is 11.3. The predicted octanol–water partition coefficient (Wildman–Crippen LogP) is 2.96. The zero-order valence-corrected chi connectivity index (χ0v) is 11.9. The molecular weight excluding hydrogens is 282 g/mol. The molecular formula is C14H13N7O. The molecule has 0 amide bonds. The van der Waals surface area contributed by atoms with Crippen LogP contribution in [0.5, 0.6) is 0 Å². The lowest BCUT2D eigenvalue weighted by Crippen LogP contribution is -2.06. The number of rotatable bonds is 4. The highest BCUT2D eigenvalue weighted by Crippen LogP contribution is 2.18. The van der Waals surface area contributed by atoms with Crippen LogP contribution in [0.3, 0.4) is 0 Å². The molecule has 0 aliphatic carbocycles. The average Bonchev–Trinajstić information content (AvgIpc) is 2.97. The Hall–Kier alpha value is -3.16. The van der Waals surface area contributed by atoms with Crippen LogP contribution in [0, 0.1) is 0 Å². The second-order valence-corrected chi connectivity index (χ2v) is 4.53. The van der Waals surface area contributed by atoms with Gasteiger partial charge >= 0.3 is 0 Å². The zero-order chi connectivity index (χ0) is 15.5. The Morgan fingerprint density at radius 3 is 2.50 bits per heavy atom. The smallest absolute Gasteiger partial charge is 0.278 e. The first-order valence-corrected chi connectivity index (χ1v) is 6.67. The van der Waals surface area contributed by atoms with Crippen molar-refractivity contribution < 1.29 is 0 Å². The van der Waals surface area contributed by atoms with Gasteiger partial charge in [0.2, 0.25) is 11.9 Å². The van der Waals surface area contributed by atoms with Crippen molar-refractivity contribution in [1.29, 1.82) is 0 Å². The monoisotopic (exact) mass is 295 g/mol. The van der Waals surface area contributed by atoms with Crippen molar-refractivity contribution in [2.24, 2.45) is 15.2 Å². The minimum atomic E-state index is -0.381. The lowest BCUT2D eigenvalue weighted by molar-refractivity contribution is 1.11. The molecule has 8 nitrogen and oxygen atoms in total. The van der Waals surface area contributed by atoms with Gasteiger partial charge in [-0.15, -0.1) is 10.2 Å². The molecule has 0 unspecified atom stereocenters. The second-order valence-electron chi connectivity index (χ2n) is 4.53. The van der Waals surface area contributed by atoms with E-state index >= 15 is 0 Å². The lowest BCUT2D eigenvalue weighted by atomic mass is 10.2.